The van der Waals surface area contributed by atoms with E-state index in [9.17, 15) is 4.79 Å². The molecule has 0 saturated carbocycles. The number of aromatic nitrogens is 3. The molecule has 1 atom stereocenters. The summed E-state index contributed by atoms with van der Waals surface area (Å²) < 4.78 is 0. The third-order valence-corrected chi connectivity index (χ3v) is 7.29. The normalized spacial score (nSPS) is 19.7. The monoisotopic (exact) mass is 404 g/mol. The van der Waals surface area contributed by atoms with Crippen LogP contribution in [0.1, 0.15) is 34.4 Å². The summed E-state index contributed by atoms with van der Waals surface area (Å²) >= 11 is 1.70. The summed E-state index contributed by atoms with van der Waals surface area (Å²) in [6.07, 6.45) is 9.11. The van der Waals surface area contributed by atoms with Crippen molar-refractivity contribution in [2.45, 2.75) is 32.2 Å². The molecule has 5 heterocycles. The Bertz CT molecular complexity index is 1170. The lowest BCUT2D eigenvalue weighted by atomic mass is 9.86. The van der Waals surface area contributed by atoms with Crippen molar-refractivity contribution < 1.29 is 4.79 Å². The van der Waals surface area contributed by atoms with Crippen LogP contribution in [0.4, 0.5) is 11.6 Å². The molecule has 0 unspecified atom stereocenters. The molecule has 8 heteroatoms. The Kier molecular flexibility index (Phi) is 3.87. The maximum atomic E-state index is 12.7. The highest BCUT2D eigenvalue weighted by atomic mass is 32.1. The van der Waals surface area contributed by atoms with Crippen molar-refractivity contribution in [3.8, 4) is 0 Å². The van der Waals surface area contributed by atoms with Gasteiger partial charge < -0.3 is 10.2 Å². The van der Waals surface area contributed by atoms with Gasteiger partial charge in [0.1, 0.15) is 22.8 Å². The first kappa shape index (κ1) is 17.0. The van der Waals surface area contributed by atoms with Crippen LogP contribution >= 0.6 is 11.3 Å². The quantitative estimate of drug-likeness (QED) is 0.725. The summed E-state index contributed by atoms with van der Waals surface area (Å²) in [4.78, 5) is 34.8. The van der Waals surface area contributed by atoms with Crippen LogP contribution < -0.4 is 5.32 Å². The number of aryl methyl sites for hydroxylation is 1. The highest BCUT2D eigenvalue weighted by Gasteiger charge is 2.33. The number of nitrogens with zero attached hydrogens (tertiary/aromatic N) is 5. The van der Waals surface area contributed by atoms with Gasteiger partial charge >= 0.3 is 0 Å². The minimum absolute atomic E-state index is 0.109. The number of likely N-dealkylation sites (tertiary alicyclic amines) is 1. The average Bonchev–Trinajstić information content (AvgIpc) is 3.30. The van der Waals surface area contributed by atoms with Gasteiger partial charge in [0.2, 0.25) is 5.91 Å². The van der Waals surface area contributed by atoms with E-state index in [-0.39, 0.29) is 5.92 Å². The van der Waals surface area contributed by atoms with Gasteiger partial charge in [-0.05, 0) is 37.3 Å². The van der Waals surface area contributed by atoms with Crippen molar-refractivity contribution in [1.82, 2.24) is 19.9 Å². The minimum atomic E-state index is 0.109. The van der Waals surface area contributed by atoms with Crippen LogP contribution in [0.5, 0.6) is 0 Å². The molecule has 1 N–H and O–H groups in total. The number of thiophene rings is 1. The van der Waals surface area contributed by atoms with E-state index in [1.165, 1.54) is 10.4 Å². The molecule has 146 valence electrons. The van der Waals surface area contributed by atoms with Crippen LogP contribution in [0.25, 0.3) is 10.2 Å². The lowest BCUT2D eigenvalue weighted by Gasteiger charge is -2.35. The van der Waals surface area contributed by atoms with E-state index in [4.69, 9.17) is 0 Å². The van der Waals surface area contributed by atoms with E-state index >= 15 is 0 Å². The summed E-state index contributed by atoms with van der Waals surface area (Å²) in [5.74, 6) is 1.99. The molecule has 0 aromatic carbocycles. The van der Waals surface area contributed by atoms with Crippen molar-refractivity contribution in [2.24, 2.45) is 10.9 Å². The van der Waals surface area contributed by atoms with Crippen molar-refractivity contribution in [3.05, 3.63) is 40.2 Å². The Balaban J connectivity index is 1.33. The van der Waals surface area contributed by atoms with E-state index in [0.717, 1.165) is 71.8 Å². The van der Waals surface area contributed by atoms with Gasteiger partial charge in [-0.3, -0.25) is 9.79 Å². The first-order valence-corrected chi connectivity index (χ1v) is 10.9. The molecule has 7 nitrogen and oxygen atoms in total. The predicted molar refractivity (Wildman–Crippen MR) is 113 cm³/mol. The Morgan fingerprint density at radius 2 is 2.17 bits per heavy atom. The summed E-state index contributed by atoms with van der Waals surface area (Å²) in [6.45, 7) is 2.55. The third-order valence-electron chi connectivity index (χ3n) is 6.12. The Labute approximate surface area is 171 Å². The van der Waals surface area contributed by atoms with Crippen LogP contribution in [0.3, 0.4) is 0 Å². The van der Waals surface area contributed by atoms with Crippen LogP contribution in [0.2, 0.25) is 0 Å². The number of hydrogen-bond acceptors (Lipinski definition) is 7. The maximum absolute atomic E-state index is 12.7. The van der Waals surface area contributed by atoms with E-state index in [1.807, 2.05) is 23.4 Å². The summed E-state index contributed by atoms with van der Waals surface area (Å²) in [7, 11) is 0. The molecule has 3 aromatic heterocycles. The SMILES string of the molecule is O=C([C@H]1CCc2c(sc3ncnc(Nc4cc5c(cn4)CN=C5)c23)C1)N1CCC1. The van der Waals surface area contributed by atoms with Crippen LogP contribution in [-0.4, -0.2) is 45.1 Å². The number of aliphatic imine (C=N–C) groups is 1. The smallest absolute Gasteiger partial charge is 0.226 e. The third kappa shape index (κ3) is 2.81. The van der Waals surface area contributed by atoms with Gasteiger partial charge in [-0.1, -0.05) is 0 Å². The van der Waals surface area contributed by atoms with Crippen LogP contribution in [0, 0.1) is 5.92 Å². The summed E-state index contributed by atoms with van der Waals surface area (Å²) in [5.41, 5.74) is 3.55. The molecule has 0 spiro atoms. The zero-order valence-electron chi connectivity index (χ0n) is 15.9. The van der Waals surface area contributed by atoms with Gasteiger partial charge in [0.25, 0.3) is 0 Å². The Morgan fingerprint density at radius 3 is 3.03 bits per heavy atom. The highest BCUT2D eigenvalue weighted by molar-refractivity contribution is 7.19. The first-order chi connectivity index (χ1) is 14.3. The van der Waals surface area contributed by atoms with Crippen LogP contribution in [0.15, 0.2) is 23.6 Å². The number of fused-ring (bicyclic) bond motifs is 4. The highest BCUT2D eigenvalue weighted by Crippen LogP contribution is 2.41. The molecule has 0 radical (unpaired) electrons. The number of anilines is 2. The van der Waals surface area contributed by atoms with Crippen molar-refractivity contribution in [1.29, 1.82) is 0 Å². The van der Waals surface area contributed by atoms with Gasteiger partial charge in [0, 0.05) is 47.4 Å². The summed E-state index contributed by atoms with van der Waals surface area (Å²) in [5, 5.41) is 4.47. The molecule has 1 aliphatic carbocycles. The second-order valence-electron chi connectivity index (χ2n) is 7.89. The Hall–Kier alpha value is -2.87. The molecule has 29 heavy (non-hydrogen) atoms. The largest absolute Gasteiger partial charge is 0.342 e. The molecule has 2 aliphatic heterocycles. The molecule has 1 fully saturated rings. The fraction of sp³-hybridized carbons (Fsp3) is 0.381. The molecule has 6 rings (SSSR count). The van der Waals surface area contributed by atoms with Gasteiger partial charge in [-0.25, -0.2) is 15.0 Å². The average molecular weight is 404 g/mol. The van der Waals surface area contributed by atoms with Crippen molar-refractivity contribution in [3.63, 3.8) is 0 Å². The van der Waals surface area contributed by atoms with E-state index in [0.29, 0.717) is 12.5 Å². The molecule has 3 aliphatic rings. The first-order valence-electron chi connectivity index (χ1n) is 10.1. The maximum Gasteiger partial charge on any atom is 0.226 e. The number of rotatable bonds is 3. The topological polar surface area (TPSA) is 83.4 Å². The molecular weight excluding hydrogens is 384 g/mol. The molecular formula is C21H20N6OS. The number of hydrogen-bond donors (Lipinski definition) is 1. The van der Waals surface area contributed by atoms with Gasteiger partial charge in [-0.2, -0.15) is 0 Å². The molecule has 3 aromatic rings. The van der Waals surface area contributed by atoms with Crippen LogP contribution in [-0.2, 0) is 24.2 Å². The fourth-order valence-corrected chi connectivity index (χ4v) is 5.66. The van der Waals surface area contributed by atoms with Crippen molar-refractivity contribution >= 4 is 45.3 Å². The number of pyridine rings is 1. The minimum Gasteiger partial charge on any atom is -0.342 e. The second kappa shape index (κ2) is 6.59. The Morgan fingerprint density at radius 1 is 1.24 bits per heavy atom. The molecule has 1 saturated heterocycles. The molecule has 0 bridgehead atoms. The number of carbonyl (C=O) groups excluding carboxylic acids is 1. The molecule has 1 amide bonds. The lowest BCUT2D eigenvalue weighted by molar-refractivity contribution is -0.139. The fourth-order valence-electron chi connectivity index (χ4n) is 4.39. The standard InChI is InChI=1S/C21H20N6OS/c28-21(27-4-1-5-27)12-2-3-15-16(6-12)29-20-18(15)19(24-11-25-20)26-17-7-13-8-22-9-14(13)10-23-17/h7-8,10-12H,1-6,9H2,(H,23,24,25,26)/t12-/m0/s1. The number of carbonyl (C=O) groups is 1. The van der Waals surface area contributed by atoms with E-state index in [1.54, 1.807) is 17.7 Å². The number of nitrogens with one attached hydrogen (secondary N) is 1. The number of amides is 1. The van der Waals surface area contributed by atoms with E-state index < -0.39 is 0 Å². The predicted octanol–water partition coefficient (Wildman–Crippen LogP) is 3.10. The van der Waals surface area contributed by atoms with Gasteiger partial charge in [0.05, 0.1) is 11.9 Å². The zero-order valence-corrected chi connectivity index (χ0v) is 16.7. The van der Waals surface area contributed by atoms with Gasteiger partial charge in [0.15, 0.2) is 0 Å². The lowest BCUT2D eigenvalue weighted by Crippen LogP contribution is -2.46. The zero-order chi connectivity index (χ0) is 19.4. The van der Waals surface area contributed by atoms with E-state index in [2.05, 4.69) is 25.3 Å². The van der Waals surface area contributed by atoms with Gasteiger partial charge in [-0.15, -0.1) is 11.3 Å². The van der Waals surface area contributed by atoms with Crippen molar-refractivity contribution in [2.75, 3.05) is 18.4 Å². The second-order valence-corrected chi connectivity index (χ2v) is 8.97. The summed E-state index contributed by atoms with van der Waals surface area (Å²) in [6, 6.07) is 2.01.